The van der Waals surface area contributed by atoms with Crippen molar-refractivity contribution in [3.05, 3.63) is 75.8 Å². The predicted molar refractivity (Wildman–Crippen MR) is 125 cm³/mol. The summed E-state index contributed by atoms with van der Waals surface area (Å²) in [6.45, 7) is 2.50. The maximum atomic E-state index is 13.0. The summed E-state index contributed by atoms with van der Waals surface area (Å²) in [7, 11) is 2.01. The van der Waals surface area contributed by atoms with Crippen molar-refractivity contribution in [1.29, 1.82) is 0 Å². The molecule has 9 heteroatoms. The van der Waals surface area contributed by atoms with Crippen LogP contribution in [0.1, 0.15) is 10.5 Å². The van der Waals surface area contributed by atoms with E-state index in [1.165, 1.54) is 23.5 Å². The third-order valence-electron chi connectivity index (χ3n) is 5.89. The third kappa shape index (κ3) is 3.60. The molecule has 0 radical (unpaired) electrons. The molecule has 0 unspecified atom stereocenters. The number of para-hydroxylation sites is 1. The Morgan fingerprint density at radius 2 is 1.78 bits per heavy atom. The number of piperazine rings is 1. The smallest absolute Gasteiger partial charge is 0.273 e. The van der Waals surface area contributed by atoms with E-state index in [4.69, 9.17) is 0 Å². The number of non-ortho nitro benzene ring substituents is 1. The van der Waals surface area contributed by atoms with Gasteiger partial charge >= 0.3 is 0 Å². The highest BCUT2D eigenvalue weighted by Crippen LogP contribution is 2.30. The number of benzene rings is 2. The zero-order valence-corrected chi connectivity index (χ0v) is 18.3. The molecule has 0 bridgehead atoms. The number of nitro groups is 1. The van der Waals surface area contributed by atoms with Crippen LogP contribution < -0.4 is 4.90 Å². The Kier molecular flexibility index (Phi) is 5.10. The molecule has 2 aromatic carbocycles. The second-order valence-corrected chi connectivity index (χ2v) is 8.60. The molecule has 32 heavy (non-hydrogen) atoms. The van der Waals surface area contributed by atoms with Crippen LogP contribution in [-0.2, 0) is 7.05 Å². The van der Waals surface area contributed by atoms with Gasteiger partial charge < -0.3 is 14.4 Å². The maximum absolute atomic E-state index is 13.0. The zero-order valence-electron chi connectivity index (χ0n) is 17.5. The number of fused-ring (bicyclic) bond motifs is 1. The second-order valence-electron chi connectivity index (χ2n) is 7.74. The van der Waals surface area contributed by atoms with Crippen molar-refractivity contribution < 1.29 is 9.72 Å². The summed E-state index contributed by atoms with van der Waals surface area (Å²) in [5, 5.41) is 14.6. The number of thiazole rings is 1. The van der Waals surface area contributed by atoms with Crippen molar-refractivity contribution >= 4 is 39.5 Å². The Labute approximate surface area is 188 Å². The molecule has 1 amide bonds. The van der Waals surface area contributed by atoms with E-state index in [0.717, 1.165) is 27.3 Å². The molecule has 1 aliphatic rings. The second kappa shape index (κ2) is 8.08. The molecule has 4 aromatic rings. The minimum absolute atomic E-state index is 0.0605. The molecule has 1 aliphatic heterocycles. The molecule has 2 aromatic heterocycles. The molecule has 1 fully saturated rings. The van der Waals surface area contributed by atoms with Crippen molar-refractivity contribution in [1.82, 2.24) is 14.5 Å². The number of rotatable bonds is 4. The number of hydrogen-bond acceptors (Lipinski definition) is 6. The van der Waals surface area contributed by atoms with Gasteiger partial charge in [0, 0.05) is 67.3 Å². The highest BCUT2D eigenvalue weighted by molar-refractivity contribution is 7.13. The van der Waals surface area contributed by atoms with Gasteiger partial charge in [-0.25, -0.2) is 4.98 Å². The molecule has 0 spiro atoms. The first-order valence-electron chi connectivity index (χ1n) is 10.3. The number of aromatic nitrogens is 2. The van der Waals surface area contributed by atoms with Crippen LogP contribution in [0, 0.1) is 10.1 Å². The minimum atomic E-state index is -0.402. The topological polar surface area (TPSA) is 84.5 Å². The van der Waals surface area contributed by atoms with Gasteiger partial charge in [-0.3, -0.25) is 14.9 Å². The molecular formula is C23H21N5O3S. The van der Waals surface area contributed by atoms with E-state index < -0.39 is 4.92 Å². The largest absolute Gasteiger partial charge is 0.368 e. The molecule has 3 heterocycles. The maximum Gasteiger partial charge on any atom is 0.273 e. The van der Waals surface area contributed by atoms with Gasteiger partial charge in [-0.15, -0.1) is 11.3 Å². The fourth-order valence-electron chi connectivity index (χ4n) is 4.10. The molecule has 0 saturated carbocycles. The van der Waals surface area contributed by atoms with Crippen molar-refractivity contribution in [3.63, 3.8) is 0 Å². The van der Waals surface area contributed by atoms with Crippen LogP contribution in [0.4, 0.5) is 11.4 Å². The number of aryl methyl sites for hydroxylation is 1. The molecule has 1 saturated heterocycles. The number of amides is 1. The quantitative estimate of drug-likeness (QED) is 0.346. The van der Waals surface area contributed by atoms with Crippen molar-refractivity contribution in [2.24, 2.45) is 7.05 Å². The Balaban J connectivity index is 1.27. The Morgan fingerprint density at radius 1 is 1.06 bits per heavy atom. The number of hydrogen-bond donors (Lipinski definition) is 0. The molecular weight excluding hydrogens is 426 g/mol. The van der Waals surface area contributed by atoms with E-state index in [1.807, 2.05) is 29.5 Å². The van der Waals surface area contributed by atoms with Crippen LogP contribution >= 0.6 is 11.3 Å². The lowest BCUT2D eigenvalue weighted by atomic mass is 10.2. The van der Waals surface area contributed by atoms with Crippen molar-refractivity contribution in [3.8, 4) is 10.7 Å². The summed E-state index contributed by atoms with van der Waals surface area (Å²) in [6.07, 6.45) is 0. The lowest BCUT2D eigenvalue weighted by molar-refractivity contribution is -0.384. The monoisotopic (exact) mass is 447 g/mol. The highest BCUT2D eigenvalue weighted by atomic mass is 32.1. The van der Waals surface area contributed by atoms with Gasteiger partial charge in [0.25, 0.3) is 11.6 Å². The van der Waals surface area contributed by atoms with Gasteiger partial charge in [0.1, 0.15) is 10.7 Å². The van der Waals surface area contributed by atoms with Crippen LogP contribution in [0.3, 0.4) is 0 Å². The SMILES string of the molecule is Cn1c(-c2nc(C(=O)N3CCN(c4ccc([N+](=O)[O-])cc4)CC3)cs2)cc2ccccc21. The number of nitro benzene ring substituents is 1. The average Bonchev–Trinajstić information content (AvgIpc) is 3.44. The first-order valence-corrected chi connectivity index (χ1v) is 11.2. The summed E-state index contributed by atoms with van der Waals surface area (Å²) < 4.78 is 2.10. The van der Waals surface area contributed by atoms with Gasteiger partial charge in [-0.05, 0) is 24.3 Å². The van der Waals surface area contributed by atoms with Crippen LogP contribution in [0.5, 0.6) is 0 Å². The Hall–Kier alpha value is -3.72. The molecule has 0 N–H and O–H groups in total. The van der Waals surface area contributed by atoms with Crippen molar-refractivity contribution in [2.75, 3.05) is 31.1 Å². The third-order valence-corrected chi connectivity index (χ3v) is 6.75. The summed E-state index contributed by atoms with van der Waals surface area (Å²) >= 11 is 1.48. The van der Waals surface area contributed by atoms with E-state index in [2.05, 4.69) is 32.7 Å². The lowest BCUT2D eigenvalue weighted by Gasteiger charge is -2.35. The summed E-state index contributed by atoms with van der Waals surface area (Å²) in [5.41, 5.74) is 3.60. The fraction of sp³-hybridized carbons (Fsp3) is 0.217. The van der Waals surface area contributed by atoms with Crippen molar-refractivity contribution in [2.45, 2.75) is 0 Å². The van der Waals surface area contributed by atoms with Gasteiger partial charge in [-0.1, -0.05) is 18.2 Å². The highest BCUT2D eigenvalue weighted by Gasteiger charge is 2.25. The van der Waals surface area contributed by atoms with Gasteiger partial charge in [0.05, 0.1) is 10.6 Å². The summed E-state index contributed by atoms with van der Waals surface area (Å²) in [6, 6.07) is 16.8. The van der Waals surface area contributed by atoms with Crippen LogP contribution in [-0.4, -0.2) is 51.5 Å². The lowest BCUT2D eigenvalue weighted by Crippen LogP contribution is -2.48. The molecule has 0 aliphatic carbocycles. The summed E-state index contributed by atoms with van der Waals surface area (Å²) in [5.74, 6) is -0.0605. The molecule has 162 valence electrons. The van der Waals surface area contributed by atoms with E-state index in [1.54, 1.807) is 12.1 Å². The Bertz CT molecular complexity index is 1300. The van der Waals surface area contributed by atoms with Crippen LogP contribution in [0.15, 0.2) is 60.0 Å². The molecule has 0 atom stereocenters. The van der Waals surface area contributed by atoms with Crippen LogP contribution in [0.2, 0.25) is 0 Å². The van der Waals surface area contributed by atoms with Gasteiger partial charge in [-0.2, -0.15) is 0 Å². The van der Waals surface area contributed by atoms with E-state index >= 15 is 0 Å². The summed E-state index contributed by atoms with van der Waals surface area (Å²) in [4.78, 5) is 32.1. The number of anilines is 1. The van der Waals surface area contributed by atoms with Gasteiger partial charge in [0.2, 0.25) is 0 Å². The standard InChI is InChI=1S/C23H21N5O3S/c1-25-20-5-3-2-4-16(20)14-21(25)22-24-19(15-32-22)23(29)27-12-10-26(11-13-27)17-6-8-18(9-7-17)28(30)31/h2-9,14-15H,10-13H2,1H3. The first kappa shape index (κ1) is 20.2. The predicted octanol–water partition coefficient (Wildman–Crippen LogP) is 4.17. The van der Waals surface area contributed by atoms with E-state index in [-0.39, 0.29) is 11.6 Å². The van der Waals surface area contributed by atoms with Gasteiger partial charge in [0.15, 0.2) is 0 Å². The number of carbonyl (C=O) groups excluding carboxylic acids is 1. The minimum Gasteiger partial charge on any atom is -0.368 e. The average molecular weight is 448 g/mol. The molecule has 8 nitrogen and oxygen atoms in total. The normalized spacial score (nSPS) is 14.2. The number of nitrogens with zero attached hydrogens (tertiary/aromatic N) is 5. The zero-order chi connectivity index (χ0) is 22.2. The fourth-order valence-corrected chi connectivity index (χ4v) is 4.94. The molecule has 5 rings (SSSR count). The van der Waals surface area contributed by atoms with E-state index in [0.29, 0.717) is 31.9 Å². The first-order chi connectivity index (χ1) is 15.5. The van der Waals surface area contributed by atoms with Crippen LogP contribution in [0.25, 0.3) is 21.6 Å². The van der Waals surface area contributed by atoms with E-state index in [9.17, 15) is 14.9 Å². The Morgan fingerprint density at radius 3 is 2.47 bits per heavy atom. The number of carbonyl (C=O) groups is 1.